The number of nitrogens with zero attached hydrogens (tertiary/aromatic N) is 1. The third-order valence-electron chi connectivity index (χ3n) is 3.69. The summed E-state index contributed by atoms with van der Waals surface area (Å²) in [5, 5.41) is 18.6. The predicted octanol–water partition coefficient (Wildman–Crippen LogP) is 3.61. The topological polar surface area (TPSA) is 83.8 Å². The summed E-state index contributed by atoms with van der Waals surface area (Å²) >= 11 is 1.56. The van der Waals surface area contributed by atoms with Crippen LogP contribution in [0.25, 0.3) is 11.1 Å². The molecule has 0 radical (unpaired) electrons. The van der Waals surface area contributed by atoms with Gasteiger partial charge >= 0.3 is 0 Å². The molecule has 1 heterocycles. The highest BCUT2D eigenvalue weighted by atomic mass is 32.2. The Labute approximate surface area is 168 Å². The molecule has 0 saturated carbocycles. The number of ether oxygens (including phenoxy) is 1. The molecule has 0 amide bonds. The van der Waals surface area contributed by atoms with Crippen LogP contribution in [0.2, 0.25) is 0 Å². The number of anilines is 1. The fourth-order valence-electron chi connectivity index (χ4n) is 2.46. The van der Waals surface area contributed by atoms with Gasteiger partial charge in [-0.15, -0.1) is 0 Å². The minimum atomic E-state index is -0.0758. The van der Waals surface area contributed by atoms with E-state index in [-0.39, 0.29) is 26.4 Å². The first kappa shape index (κ1) is 20.2. The fourth-order valence-corrected chi connectivity index (χ4v) is 3.33. The SMILES string of the molecule is OCCONc1cc(-c2ccc(OCCO)cc2)cc(Sc2ccccc2)n1. The van der Waals surface area contributed by atoms with Crippen LogP contribution in [-0.4, -0.2) is 41.6 Å². The number of aromatic nitrogens is 1. The number of hydrogen-bond donors (Lipinski definition) is 3. The molecule has 0 bridgehead atoms. The maximum absolute atomic E-state index is 8.90. The number of aliphatic hydroxyl groups excluding tert-OH is 2. The molecule has 0 spiro atoms. The normalized spacial score (nSPS) is 10.6. The van der Waals surface area contributed by atoms with Gasteiger partial charge in [0.1, 0.15) is 17.4 Å². The molecule has 146 valence electrons. The molecule has 3 rings (SSSR count). The minimum absolute atomic E-state index is 0.0188. The first-order chi connectivity index (χ1) is 13.8. The van der Waals surface area contributed by atoms with E-state index in [1.54, 1.807) is 11.8 Å². The molecule has 28 heavy (non-hydrogen) atoms. The molecule has 0 saturated heterocycles. The van der Waals surface area contributed by atoms with Crippen LogP contribution in [0.5, 0.6) is 5.75 Å². The van der Waals surface area contributed by atoms with E-state index >= 15 is 0 Å². The Hall–Kier alpha value is -2.58. The van der Waals surface area contributed by atoms with Gasteiger partial charge in [-0.25, -0.2) is 10.5 Å². The van der Waals surface area contributed by atoms with E-state index in [0.29, 0.717) is 11.6 Å². The molecule has 0 fully saturated rings. The maximum atomic E-state index is 8.90. The van der Waals surface area contributed by atoms with Gasteiger partial charge < -0.3 is 14.9 Å². The Morgan fingerprint density at radius 1 is 0.857 bits per heavy atom. The zero-order valence-electron chi connectivity index (χ0n) is 15.2. The highest BCUT2D eigenvalue weighted by Gasteiger charge is 2.08. The van der Waals surface area contributed by atoms with Gasteiger partial charge in [-0.05, 0) is 47.5 Å². The number of rotatable bonds is 10. The molecular formula is C21H22N2O4S. The third kappa shape index (κ3) is 5.97. The molecular weight excluding hydrogens is 376 g/mol. The number of benzene rings is 2. The first-order valence-corrected chi connectivity index (χ1v) is 9.68. The van der Waals surface area contributed by atoms with Crippen LogP contribution in [0.15, 0.2) is 76.7 Å². The quantitative estimate of drug-likeness (QED) is 0.355. The molecule has 0 aliphatic rings. The van der Waals surface area contributed by atoms with E-state index in [2.05, 4.69) is 10.5 Å². The lowest BCUT2D eigenvalue weighted by Crippen LogP contribution is -2.07. The highest BCUT2D eigenvalue weighted by molar-refractivity contribution is 7.99. The lowest BCUT2D eigenvalue weighted by Gasteiger charge is -2.11. The molecule has 3 N–H and O–H groups in total. The maximum Gasteiger partial charge on any atom is 0.151 e. The molecule has 3 aromatic rings. The van der Waals surface area contributed by atoms with Crippen molar-refractivity contribution < 1.29 is 19.8 Å². The Morgan fingerprint density at radius 3 is 2.32 bits per heavy atom. The monoisotopic (exact) mass is 398 g/mol. The van der Waals surface area contributed by atoms with E-state index in [9.17, 15) is 0 Å². The molecule has 0 aliphatic heterocycles. The van der Waals surface area contributed by atoms with Crippen molar-refractivity contribution in [2.24, 2.45) is 0 Å². The average Bonchev–Trinajstić information content (AvgIpc) is 2.73. The van der Waals surface area contributed by atoms with Crippen LogP contribution < -0.4 is 10.2 Å². The second kappa shape index (κ2) is 10.7. The van der Waals surface area contributed by atoms with E-state index in [1.165, 1.54) is 0 Å². The number of pyridine rings is 1. The second-order valence-electron chi connectivity index (χ2n) is 5.76. The number of nitrogens with one attached hydrogen (secondary N) is 1. The summed E-state index contributed by atoms with van der Waals surface area (Å²) in [5.74, 6) is 1.26. The van der Waals surface area contributed by atoms with Gasteiger partial charge in [-0.2, -0.15) is 0 Å². The summed E-state index contributed by atoms with van der Waals surface area (Å²) in [6.45, 7) is 0.343. The Bertz CT molecular complexity index is 860. The van der Waals surface area contributed by atoms with Crippen molar-refractivity contribution in [2.75, 3.05) is 31.9 Å². The Kier molecular flexibility index (Phi) is 7.69. The van der Waals surface area contributed by atoms with Crippen LogP contribution in [0.4, 0.5) is 5.82 Å². The first-order valence-electron chi connectivity index (χ1n) is 8.86. The highest BCUT2D eigenvalue weighted by Crippen LogP contribution is 2.32. The van der Waals surface area contributed by atoms with Gasteiger partial charge in [0.15, 0.2) is 5.82 Å². The van der Waals surface area contributed by atoms with Crippen molar-refractivity contribution in [1.82, 2.24) is 4.98 Å². The molecule has 6 nitrogen and oxygen atoms in total. The van der Waals surface area contributed by atoms with E-state index in [1.807, 2.05) is 66.7 Å². The van der Waals surface area contributed by atoms with Crippen molar-refractivity contribution in [1.29, 1.82) is 0 Å². The minimum Gasteiger partial charge on any atom is -0.491 e. The summed E-state index contributed by atoms with van der Waals surface area (Å²) in [6, 6.07) is 21.5. The van der Waals surface area contributed by atoms with Crippen molar-refractivity contribution in [3.63, 3.8) is 0 Å². The lowest BCUT2D eigenvalue weighted by atomic mass is 10.1. The predicted molar refractivity (Wildman–Crippen MR) is 109 cm³/mol. The summed E-state index contributed by atoms with van der Waals surface area (Å²) in [7, 11) is 0. The van der Waals surface area contributed by atoms with E-state index < -0.39 is 0 Å². The Balaban J connectivity index is 1.85. The van der Waals surface area contributed by atoms with Crippen molar-refractivity contribution in [3.8, 4) is 16.9 Å². The van der Waals surface area contributed by atoms with E-state index in [4.69, 9.17) is 19.8 Å². The molecule has 0 unspecified atom stereocenters. The van der Waals surface area contributed by atoms with Crippen LogP contribution in [0.3, 0.4) is 0 Å². The molecule has 2 aromatic carbocycles. The zero-order valence-corrected chi connectivity index (χ0v) is 16.1. The van der Waals surface area contributed by atoms with Crippen LogP contribution in [-0.2, 0) is 4.84 Å². The van der Waals surface area contributed by atoms with Crippen LogP contribution in [0, 0.1) is 0 Å². The third-order valence-corrected chi connectivity index (χ3v) is 4.61. The molecule has 7 heteroatoms. The molecule has 0 atom stereocenters. The second-order valence-corrected chi connectivity index (χ2v) is 6.86. The van der Waals surface area contributed by atoms with Crippen LogP contribution in [0.1, 0.15) is 0 Å². The summed E-state index contributed by atoms with van der Waals surface area (Å²) < 4.78 is 5.42. The number of aliphatic hydroxyl groups is 2. The summed E-state index contributed by atoms with van der Waals surface area (Å²) in [5.41, 5.74) is 4.75. The fraction of sp³-hybridized carbons (Fsp3) is 0.190. The number of hydrogen-bond acceptors (Lipinski definition) is 7. The summed E-state index contributed by atoms with van der Waals surface area (Å²) in [6.07, 6.45) is 0. The Morgan fingerprint density at radius 2 is 1.61 bits per heavy atom. The summed E-state index contributed by atoms with van der Waals surface area (Å²) in [4.78, 5) is 10.9. The smallest absolute Gasteiger partial charge is 0.151 e. The molecule has 0 aliphatic carbocycles. The van der Waals surface area contributed by atoms with Crippen LogP contribution >= 0.6 is 11.8 Å². The standard InChI is InChI=1S/C21H22N2O4S/c24-10-12-26-18-8-6-16(7-9-18)17-14-20(23-27-13-11-25)22-21(15-17)28-19-4-2-1-3-5-19/h1-9,14-15,24-25H,10-13H2,(H,22,23). The lowest BCUT2D eigenvalue weighted by molar-refractivity contribution is 0.132. The van der Waals surface area contributed by atoms with Gasteiger partial charge in [0.25, 0.3) is 0 Å². The van der Waals surface area contributed by atoms with Gasteiger partial charge in [0.2, 0.25) is 0 Å². The van der Waals surface area contributed by atoms with Crippen molar-refractivity contribution in [2.45, 2.75) is 9.92 Å². The van der Waals surface area contributed by atoms with Gasteiger partial charge in [-0.1, -0.05) is 42.1 Å². The average molecular weight is 398 g/mol. The largest absolute Gasteiger partial charge is 0.491 e. The van der Waals surface area contributed by atoms with Gasteiger partial charge in [0.05, 0.1) is 19.8 Å². The van der Waals surface area contributed by atoms with E-state index in [0.717, 1.165) is 21.0 Å². The van der Waals surface area contributed by atoms with Gasteiger partial charge in [0, 0.05) is 4.90 Å². The van der Waals surface area contributed by atoms with Gasteiger partial charge in [-0.3, -0.25) is 4.84 Å². The van der Waals surface area contributed by atoms with Crippen molar-refractivity contribution >= 4 is 17.6 Å². The van der Waals surface area contributed by atoms with Crippen molar-refractivity contribution in [3.05, 3.63) is 66.7 Å². The molecule has 1 aromatic heterocycles. The zero-order chi connectivity index (χ0) is 19.6.